The number of nitrogens with zero attached hydrogens (tertiary/aromatic N) is 1. The zero-order valence-corrected chi connectivity index (χ0v) is 14.1. The van der Waals surface area contributed by atoms with E-state index in [1.54, 1.807) is 10.8 Å². The minimum atomic E-state index is -0.879. The predicted molar refractivity (Wildman–Crippen MR) is 91.4 cm³/mol. The molecule has 0 spiro atoms. The fraction of sp³-hybridized carbons (Fsp3) is 0.444. The van der Waals surface area contributed by atoms with Gasteiger partial charge in [0, 0.05) is 28.2 Å². The van der Waals surface area contributed by atoms with E-state index in [9.17, 15) is 9.59 Å². The fourth-order valence-electron chi connectivity index (χ4n) is 2.98. The number of rotatable bonds is 6. The van der Waals surface area contributed by atoms with Gasteiger partial charge in [-0.15, -0.1) is 0 Å². The zero-order chi connectivity index (χ0) is 17.2. The van der Waals surface area contributed by atoms with E-state index in [1.807, 2.05) is 38.1 Å². The summed E-state index contributed by atoms with van der Waals surface area (Å²) in [5.74, 6) is -0.436. The molecule has 23 heavy (non-hydrogen) atoms. The molecule has 0 fully saturated rings. The Morgan fingerprint density at radius 2 is 1.96 bits per heavy atom. The number of nitrogens with one attached hydrogen (secondary N) is 1. The summed E-state index contributed by atoms with van der Waals surface area (Å²) in [7, 11) is 0. The molecule has 0 saturated heterocycles. The average molecular weight is 316 g/mol. The summed E-state index contributed by atoms with van der Waals surface area (Å²) in [5.41, 5.74) is 1.14. The first-order valence-electron chi connectivity index (χ1n) is 7.81. The molecule has 0 aliphatic heterocycles. The number of hydrogen-bond donors (Lipinski definition) is 2. The highest BCUT2D eigenvalue weighted by molar-refractivity contribution is 5.97. The minimum Gasteiger partial charge on any atom is -0.480 e. The van der Waals surface area contributed by atoms with Gasteiger partial charge in [0.05, 0.1) is 0 Å². The molecule has 2 rings (SSSR count). The Hall–Kier alpha value is -2.30. The van der Waals surface area contributed by atoms with E-state index >= 15 is 0 Å². The lowest BCUT2D eigenvalue weighted by Crippen LogP contribution is -2.32. The molecular weight excluding hydrogens is 292 g/mol. The molecule has 5 nitrogen and oxygen atoms in total. The summed E-state index contributed by atoms with van der Waals surface area (Å²) in [6.07, 6.45) is 2.56. The molecule has 0 radical (unpaired) electrons. The van der Waals surface area contributed by atoms with Crippen LogP contribution < -0.4 is 5.32 Å². The van der Waals surface area contributed by atoms with E-state index in [2.05, 4.69) is 19.2 Å². The number of aliphatic carboxylic acids is 1. The number of aromatic nitrogens is 1. The third kappa shape index (κ3) is 4.12. The van der Waals surface area contributed by atoms with Gasteiger partial charge >= 0.3 is 5.97 Å². The number of amides is 1. The van der Waals surface area contributed by atoms with E-state index in [1.165, 1.54) is 0 Å². The van der Waals surface area contributed by atoms with Gasteiger partial charge in [0.1, 0.15) is 6.54 Å². The van der Waals surface area contributed by atoms with Crippen molar-refractivity contribution in [3.05, 3.63) is 30.5 Å². The van der Waals surface area contributed by atoms with E-state index in [0.29, 0.717) is 5.92 Å². The first kappa shape index (κ1) is 17.1. The molecule has 2 N–H and O–H groups in total. The summed E-state index contributed by atoms with van der Waals surface area (Å²) in [4.78, 5) is 23.3. The number of fused-ring (bicyclic) bond motifs is 1. The number of carboxylic acids is 1. The van der Waals surface area contributed by atoms with Crippen LogP contribution >= 0.6 is 0 Å². The van der Waals surface area contributed by atoms with Crippen molar-refractivity contribution in [2.45, 2.75) is 40.7 Å². The molecule has 0 atom stereocenters. The highest BCUT2D eigenvalue weighted by atomic mass is 16.4. The summed E-state index contributed by atoms with van der Waals surface area (Å²) in [6.45, 7) is 8.03. The molecule has 5 heteroatoms. The van der Waals surface area contributed by atoms with Gasteiger partial charge in [-0.25, -0.2) is 0 Å². The van der Waals surface area contributed by atoms with Crippen molar-refractivity contribution in [1.29, 1.82) is 0 Å². The second-order valence-electron chi connectivity index (χ2n) is 7.05. The molecule has 0 aliphatic carbocycles. The Bertz CT molecular complexity index is 729. The van der Waals surface area contributed by atoms with Gasteiger partial charge in [0.2, 0.25) is 5.91 Å². The summed E-state index contributed by atoms with van der Waals surface area (Å²) < 4.78 is 1.67. The highest BCUT2D eigenvalue weighted by Gasteiger charge is 2.28. The number of hydrogen-bond acceptors (Lipinski definition) is 2. The first-order valence-corrected chi connectivity index (χ1v) is 7.81. The Morgan fingerprint density at radius 1 is 1.26 bits per heavy atom. The zero-order valence-electron chi connectivity index (χ0n) is 14.1. The Labute approximate surface area is 136 Å². The second-order valence-corrected chi connectivity index (χ2v) is 7.05. The van der Waals surface area contributed by atoms with Gasteiger partial charge in [-0.1, -0.05) is 27.7 Å². The monoisotopic (exact) mass is 316 g/mol. The van der Waals surface area contributed by atoms with Gasteiger partial charge < -0.3 is 15.0 Å². The van der Waals surface area contributed by atoms with Crippen LogP contribution in [0.1, 0.15) is 34.1 Å². The van der Waals surface area contributed by atoms with Crippen LogP contribution in [0.15, 0.2) is 30.5 Å². The maximum atomic E-state index is 12.5. The molecule has 124 valence electrons. The van der Waals surface area contributed by atoms with Crippen LogP contribution in [0.3, 0.4) is 0 Å². The molecule has 1 aromatic carbocycles. The number of benzene rings is 1. The van der Waals surface area contributed by atoms with E-state index < -0.39 is 11.4 Å². The van der Waals surface area contributed by atoms with Gasteiger partial charge in [0.15, 0.2) is 0 Å². The fourth-order valence-corrected chi connectivity index (χ4v) is 2.98. The summed E-state index contributed by atoms with van der Waals surface area (Å²) in [6, 6.07) is 7.37. The van der Waals surface area contributed by atoms with Crippen LogP contribution in [0.5, 0.6) is 0 Å². The first-order chi connectivity index (χ1) is 10.7. The van der Waals surface area contributed by atoms with Crippen molar-refractivity contribution < 1.29 is 14.7 Å². The molecule has 1 aromatic heterocycles. The highest BCUT2D eigenvalue weighted by Crippen LogP contribution is 2.28. The summed E-state index contributed by atoms with van der Waals surface area (Å²) >= 11 is 0. The maximum absolute atomic E-state index is 12.5. The molecule has 0 bridgehead atoms. The SMILES string of the molecule is CC(C)CC(C)(C)C(=O)Nc1ccc2c(ccn2CC(=O)O)c1. The lowest BCUT2D eigenvalue weighted by Gasteiger charge is -2.25. The van der Waals surface area contributed by atoms with Gasteiger partial charge in [0.25, 0.3) is 0 Å². The molecule has 0 saturated carbocycles. The average Bonchev–Trinajstić information content (AvgIpc) is 2.79. The van der Waals surface area contributed by atoms with E-state index in [-0.39, 0.29) is 12.5 Å². The lowest BCUT2D eigenvalue weighted by molar-refractivity contribution is -0.137. The van der Waals surface area contributed by atoms with Crippen LogP contribution in [0.25, 0.3) is 10.9 Å². The van der Waals surface area contributed by atoms with Gasteiger partial charge in [-0.05, 0) is 36.6 Å². The molecule has 1 heterocycles. The summed E-state index contributed by atoms with van der Waals surface area (Å²) in [5, 5.41) is 12.8. The van der Waals surface area contributed by atoms with Gasteiger partial charge in [-0.2, -0.15) is 0 Å². The Balaban J connectivity index is 2.18. The molecule has 2 aromatic rings. The number of anilines is 1. The van der Waals surface area contributed by atoms with Crippen molar-refractivity contribution in [3.8, 4) is 0 Å². The number of carbonyl (C=O) groups is 2. The largest absolute Gasteiger partial charge is 0.480 e. The van der Waals surface area contributed by atoms with Crippen molar-refractivity contribution in [3.63, 3.8) is 0 Å². The minimum absolute atomic E-state index is 0.00415. The Morgan fingerprint density at radius 3 is 2.57 bits per heavy atom. The maximum Gasteiger partial charge on any atom is 0.323 e. The van der Waals surface area contributed by atoms with Crippen LogP contribution in [-0.2, 0) is 16.1 Å². The quantitative estimate of drug-likeness (QED) is 0.853. The van der Waals surface area contributed by atoms with Crippen LogP contribution in [0, 0.1) is 11.3 Å². The van der Waals surface area contributed by atoms with Crippen LogP contribution in [0.2, 0.25) is 0 Å². The number of carbonyl (C=O) groups excluding carboxylic acids is 1. The molecule has 1 amide bonds. The van der Waals surface area contributed by atoms with Crippen molar-refractivity contribution in [1.82, 2.24) is 4.57 Å². The molecule has 0 unspecified atom stereocenters. The third-order valence-corrected chi connectivity index (χ3v) is 3.87. The second kappa shape index (κ2) is 6.44. The van der Waals surface area contributed by atoms with E-state index in [4.69, 9.17) is 5.11 Å². The smallest absolute Gasteiger partial charge is 0.323 e. The van der Waals surface area contributed by atoms with Gasteiger partial charge in [-0.3, -0.25) is 9.59 Å². The molecule has 0 aliphatic rings. The lowest BCUT2D eigenvalue weighted by atomic mass is 9.83. The van der Waals surface area contributed by atoms with Crippen molar-refractivity contribution in [2.75, 3.05) is 5.32 Å². The van der Waals surface area contributed by atoms with E-state index in [0.717, 1.165) is 23.0 Å². The Kier molecular flexibility index (Phi) is 4.78. The normalized spacial score (nSPS) is 11.9. The number of carboxylic acid groups (broad SMARTS) is 1. The van der Waals surface area contributed by atoms with Crippen molar-refractivity contribution in [2.24, 2.45) is 11.3 Å². The molecular formula is C18H24N2O3. The standard InChI is InChI=1S/C18H24N2O3/c1-12(2)10-18(3,4)17(23)19-14-5-6-15-13(9-14)7-8-20(15)11-16(21)22/h5-9,12H,10-11H2,1-4H3,(H,19,23)(H,21,22). The van der Waals surface area contributed by atoms with Crippen LogP contribution in [-0.4, -0.2) is 21.6 Å². The predicted octanol–water partition coefficient (Wildman–Crippen LogP) is 3.74. The van der Waals surface area contributed by atoms with Crippen LogP contribution in [0.4, 0.5) is 5.69 Å². The third-order valence-electron chi connectivity index (χ3n) is 3.87. The topological polar surface area (TPSA) is 71.3 Å². The van der Waals surface area contributed by atoms with Crippen molar-refractivity contribution >= 4 is 28.5 Å².